The Bertz CT molecular complexity index is 195. The van der Waals surface area contributed by atoms with Crippen LogP contribution in [-0.4, -0.2) is 30.6 Å². The van der Waals surface area contributed by atoms with Crippen LogP contribution in [-0.2, 0) is 0 Å². The highest BCUT2D eigenvalue weighted by atomic mass is 15.1. The van der Waals surface area contributed by atoms with Crippen molar-refractivity contribution in [1.29, 1.82) is 0 Å². The van der Waals surface area contributed by atoms with Crippen LogP contribution in [0.4, 0.5) is 0 Å². The van der Waals surface area contributed by atoms with Crippen molar-refractivity contribution in [3.63, 3.8) is 0 Å². The summed E-state index contributed by atoms with van der Waals surface area (Å²) in [6, 6.07) is 0.409. The molecule has 0 amide bonds. The third-order valence-electron chi connectivity index (χ3n) is 3.07. The predicted molar refractivity (Wildman–Crippen MR) is 60.9 cm³/mol. The Morgan fingerprint density at radius 3 is 2.79 bits per heavy atom. The smallest absolute Gasteiger partial charge is 0.0599 e. The van der Waals surface area contributed by atoms with E-state index in [9.17, 15) is 0 Å². The quantitative estimate of drug-likeness (QED) is 0.671. The molecule has 2 N–H and O–H groups in total. The predicted octanol–water partition coefficient (Wildman–Crippen LogP) is 1.46. The number of hydrogen-bond acceptors (Lipinski definition) is 2. The molecule has 1 aliphatic carbocycles. The van der Waals surface area contributed by atoms with Crippen LogP contribution in [0.3, 0.4) is 0 Å². The SMILES string of the molecule is C#CCN(CCC)CC1CCCC1N. The van der Waals surface area contributed by atoms with Crippen LogP contribution in [0.15, 0.2) is 0 Å². The second-order valence-corrected chi connectivity index (χ2v) is 4.29. The zero-order chi connectivity index (χ0) is 10.4. The molecular formula is C12H22N2. The Morgan fingerprint density at radius 2 is 2.29 bits per heavy atom. The first-order chi connectivity index (χ1) is 6.77. The van der Waals surface area contributed by atoms with Gasteiger partial charge in [-0.15, -0.1) is 6.42 Å². The van der Waals surface area contributed by atoms with E-state index in [2.05, 4.69) is 17.7 Å². The van der Waals surface area contributed by atoms with Crippen LogP contribution in [0.5, 0.6) is 0 Å². The highest BCUT2D eigenvalue weighted by Crippen LogP contribution is 2.24. The second-order valence-electron chi connectivity index (χ2n) is 4.29. The van der Waals surface area contributed by atoms with Crippen molar-refractivity contribution in [3.8, 4) is 12.3 Å². The topological polar surface area (TPSA) is 29.3 Å². The first-order valence-corrected chi connectivity index (χ1v) is 5.69. The average molecular weight is 194 g/mol. The van der Waals surface area contributed by atoms with Gasteiger partial charge < -0.3 is 5.73 Å². The van der Waals surface area contributed by atoms with Crippen molar-refractivity contribution in [2.45, 2.75) is 38.6 Å². The van der Waals surface area contributed by atoms with Gasteiger partial charge in [-0.1, -0.05) is 19.3 Å². The molecule has 14 heavy (non-hydrogen) atoms. The van der Waals surface area contributed by atoms with Crippen LogP contribution in [0.25, 0.3) is 0 Å². The summed E-state index contributed by atoms with van der Waals surface area (Å²) in [4.78, 5) is 2.36. The van der Waals surface area contributed by atoms with Gasteiger partial charge in [-0.05, 0) is 31.7 Å². The fraction of sp³-hybridized carbons (Fsp3) is 0.833. The summed E-state index contributed by atoms with van der Waals surface area (Å²) in [7, 11) is 0. The van der Waals surface area contributed by atoms with E-state index < -0.39 is 0 Å². The number of hydrogen-bond donors (Lipinski definition) is 1. The van der Waals surface area contributed by atoms with Gasteiger partial charge in [-0.25, -0.2) is 0 Å². The van der Waals surface area contributed by atoms with Gasteiger partial charge in [0.25, 0.3) is 0 Å². The summed E-state index contributed by atoms with van der Waals surface area (Å²) in [6.45, 7) is 5.17. The van der Waals surface area contributed by atoms with Crippen LogP contribution in [0.2, 0.25) is 0 Å². The molecular weight excluding hydrogens is 172 g/mol. The zero-order valence-corrected chi connectivity index (χ0v) is 9.21. The molecule has 0 bridgehead atoms. The Hall–Kier alpha value is -0.520. The van der Waals surface area contributed by atoms with Crippen molar-refractivity contribution in [2.75, 3.05) is 19.6 Å². The van der Waals surface area contributed by atoms with Gasteiger partial charge in [0.05, 0.1) is 6.54 Å². The van der Waals surface area contributed by atoms with Gasteiger partial charge in [-0.2, -0.15) is 0 Å². The monoisotopic (exact) mass is 194 g/mol. The average Bonchev–Trinajstić information content (AvgIpc) is 2.53. The lowest BCUT2D eigenvalue weighted by Gasteiger charge is -2.25. The van der Waals surface area contributed by atoms with Crippen LogP contribution >= 0.6 is 0 Å². The molecule has 1 saturated carbocycles. The summed E-state index contributed by atoms with van der Waals surface area (Å²) in [5.74, 6) is 3.40. The summed E-state index contributed by atoms with van der Waals surface area (Å²) in [5, 5.41) is 0. The van der Waals surface area contributed by atoms with Crippen molar-refractivity contribution in [2.24, 2.45) is 11.7 Å². The molecule has 2 nitrogen and oxygen atoms in total. The first kappa shape index (κ1) is 11.6. The van der Waals surface area contributed by atoms with Crippen molar-refractivity contribution in [3.05, 3.63) is 0 Å². The fourth-order valence-electron chi connectivity index (χ4n) is 2.30. The third-order valence-corrected chi connectivity index (χ3v) is 3.07. The largest absolute Gasteiger partial charge is 0.327 e. The van der Waals surface area contributed by atoms with Gasteiger partial charge >= 0.3 is 0 Å². The van der Waals surface area contributed by atoms with Crippen LogP contribution in [0, 0.1) is 18.3 Å². The summed E-state index contributed by atoms with van der Waals surface area (Å²) < 4.78 is 0. The van der Waals surface area contributed by atoms with Crippen LogP contribution < -0.4 is 5.73 Å². The van der Waals surface area contributed by atoms with Gasteiger partial charge in [0.1, 0.15) is 0 Å². The Balaban J connectivity index is 2.34. The van der Waals surface area contributed by atoms with Crippen molar-refractivity contribution < 1.29 is 0 Å². The minimum absolute atomic E-state index is 0.409. The molecule has 0 saturated heterocycles. The van der Waals surface area contributed by atoms with Crippen LogP contribution in [0.1, 0.15) is 32.6 Å². The molecule has 2 atom stereocenters. The van der Waals surface area contributed by atoms with E-state index in [0.717, 1.165) is 19.6 Å². The van der Waals surface area contributed by atoms with E-state index in [1.165, 1.54) is 25.7 Å². The van der Waals surface area contributed by atoms with Gasteiger partial charge in [-0.3, -0.25) is 4.90 Å². The van der Waals surface area contributed by atoms with E-state index in [1.54, 1.807) is 0 Å². The first-order valence-electron chi connectivity index (χ1n) is 5.69. The summed E-state index contributed by atoms with van der Waals surface area (Å²) in [6.07, 6.45) is 10.3. The molecule has 2 unspecified atom stereocenters. The lowest BCUT2D eigenvalue weighted by atomic mass is 10.0. The van der Waals surface area contributed by atoms with E-state index >= 15 is 0 Å². The molecule has 0 heterocycles. The number of terminal acetylenes is 1. The van der Waals surface area contributed by atoms with E-state index in [4.69, 9.17) is 12.2 Å². The summed E-state index contributed by atoms with van der Waals surface area (Å²) in [5.41, 5.74) is 6.04. The van der Waals surface area contributed by atoms with E-state index in [-0.39, 0.29) is 0 Å². The van der Waals surface area contributed by atoms with Gasteiger partial charge in [0, 0.05) is 12.6 Å². The van der Waals surface area contributed by atoms with E-state index in [1.807, 2.05) is 0 Å². The maximum atomic E-state index is 6.04. The zero-order valence-electron chi connectivity index (χ0n) is 9.21. The van der Waals surface area contributed by atoms with Crippen molar-refractivity contribution in [1.82, 2.24) is 4.90 Å². The maximum Gasteiger partial charge on any atom is 0.0599 e. The molecule has 1 fully saturated rings. The van der Waals surface area contributed by atoms with Gasteiger partial charge in [0.2, 0.25) is 0 Å². The van der Waals surface area contributed by atoms with Gasteiger partial charge in [0.15, 0.2) is 0 Å². The lowest BCUT2D eigenvalue weighted by molar-refractivity contribution is 0.247. The molecule has 1 rings (SSSR count). The van der Waals surface area contributed by atoms with E-state index in [0.29, 0.717) is 12.0 Å². The minimum Gasteiger partial charge on any atom is -0.327 e. The Labute approximate surface area is 87.8 Å². The molecule has 0 aromatic heterocycles. The Kier molecular flexibility index (Phi) is 5.00. The minimum atomic E-state index is 0.409. The Morgan fingerprint density at radius 1 is 1.50 bits per heavy atom. The molecule has 1 aliphatic rings. The third kappa shape index (κ3) is 3.32. The standard InChI is InChI=1S/C12H22N2/c1-3-8-14(9-4-2)10-11-6-5-7-12(11)13/h1,11-12H,4-10,13H2,2H3. The molecule has 0 aromatic carbocycles. The molecule has 0 radical (unpaired) electrons. The normalized spacial score (nSPS) is 26.7. The molecule has 0 aromatic rings. The highest BCUT2D eigenvalue weighted by molar-refractivity contribution is 4.90. The molecule has 80 valence electrons. The van der Waals surface area contributed by atoms with Crippen molar-refractivity contribution >= 4 is 0 Å². The molecule has 0 spiro atoms. The lowest BCUT2D eigenvalue weighted by Crippen LogP contribution is -2.36. The number of nitrogens with two attached hydrogens (primary N) is 1. The second kappa shape index (κ2) is 6.06. The molecule has 0 aliphatic heterocycles. The number of rotatable bonds is 5. The fourth-order valence-corrected chi connectivity index (χ4v) is 2.30. The highest BCUT2D eigenvalue weighted by Gasteiger charge is 2.25. The summed E-state index contributed by atoms with van der Waals surface area (Å²) >= 11 is 0. The molecule has 2 heteroatoms. The number of nitrogens with zero attached hydrogens (tertiary/aromatic N) is 1. The maximum absolute atomic E-state index is 6.04.